The summed E-state index contributed by atoms with van der Waals surface area (Å²) in [5.74, 6) is 0.194. The van der Waals surface area contributed by atoms with Gasteiger partial charge in [-0.15, -0.1) is 0 Å². The highest BCUT2D eigenvalue weighted by Crippen LogP contribution is 2.41. The Labute approximate surface area is 206 Å². The van der Waals surface area contributed by atoms with Crippen molar-refractivity contribution >= 4 is 60.7 Å². The fraction of sp³-hybridized carbons (Fsp3) is 0.214. The van der Waals surface area contributed by atoms with E-state index >= 15 is 0 Å². The third-order valence-corrected chi connectivity index (χ3v) is 7.41. The summed E-state index contributed by atoms with van der Waals surface area (Å²) in [6, 6.07) is 21.4. The molecule has 160 valence electrons. The van der Waals surface area contributed by atoms with E-state index in [2.05, 4.69) is 112 Å². The van der Waals surface area contributed by atoms with E-state index in [1.807, 2.05) is 0 Å². The van der Waals surface area contributed by atoms with E-state index in [-0.39, 0.29) is 5.92 Å². The fourth-order valence-electron chi connectivity index (χ4n) is 4.50. The Kier molecular flexibility index (Phi) is 6.00. The zero-order valence-electron chi connectivity index (χ0n) is 18.2. The van der Waals surface area contributed by atoms with Gasteiger partial charge >= 0.3 is 0 Å². The molecule has 0 N–H and O–H groups in total. The number of aryl methyl sites for hydroxylation is 2. The number of allylic oxidation sites excluding steroid dienone is 1. The molecule has 0 aromatic heterocycles. The molecule has 0 amide bonds. The second-order valence-corrected chi connectivity index (χ2v) is 10.4. The molecule has 2 nitrogen and oxygen atoms in total. The highest BCUT2D eigenvalue weighted by molar-refractivity contribution is 9.10. The standard InChI is InChI=1S/C28H24Br2N2/c1-17-14-25-26(15-18(17)2)32-28-21(16-19-6-10-22(29)11-7-19)4-3-5-24(28)27(31-25)20-8-12-23(30)13-9-20/h6-16,24H,3-5H2,1-2H3/b21-16+. The smallest absolute Gasteiger partial charge is 0.0892 e. The van der Waals surface area contributed by atoms with E-state index in [4.69, 9.17) is 9.98 Å². The first kappa shape index (κ1) is 21.5. The number of hydrogen-bond donors (Lipinski definition) is 0. The van der Waals surface area contributed by atoms with Crippen LogP contribution in [-0.2, 0) is 0 Å². The Bertz CT molecular complexity index is 1270. The van der Waals surface area contributed by atoms with Crippen LogP contribution in [0.15, 0.2) is 85.2 Å². The summed E-state index contributed by atoms with van der Waals surface area (Å²) in [5.41, 5.74) is 10.4. The molecule has 5 rings (SSSR count). The minimum atomic E-state index is 0.194. The molecule has 1 heterocycles. The summed E-state index contributed by atoms with van der Waals surface area (Å²) >= 11 is 7.11. The van der Waals surface area contributed by atoms with Crippen molar-refractivity contribution in [1.29, 1.82) is 0 Å². The minimum Gasteiger partial charge on any atom is -0.250 e. The summed E-state index contributed by atoms with van der Waals surface area (Å²) in [4.78, 5) is 10.5. The molecule has 4 heteroatoms. The van der Waals surface area contributed by atoms with Gasteiger partial charge < -0.3 is 0 Å². The molecule has 2 aliphatic rings. The van der Waals surface area contributed by atoms with Crippen LogP contribution in [0.1, 0.15) is 41.5 Å². The lowest BCUT2D eigenvalue weighted by molar-refractivity contribution is 0.671. The molecule has 0 saturated heterocycles. The van der Waals surface area contributed by atoms with Crippen molar-refractivity contribution in [2.24, 2.45) is 15.9 Å². The van der Waals surface area contributed by atoms with Crippen LogP contribution in [0.3, 0.4) is 0 Å². The third kappa shape index (κ3) is 4.31. The molecular weight excluding hydrogens is 524 g/mol. The monoisotopic (exact) mass is 546 g/mol. The van der Waals surface area contributed by atoms with Crippen LogP contribution in [0.5, 0.6) is 0 Å². The summed E-state index contributed by atoms with van der Waals surface area (Å²) < 4.78 is 2.17. The minimum absolute atomic E-state index is 0.194. The summed E-state index contributed by atoms with van der Waals surface area (Å²) in [6.07, 6.45) is 5.55. The molecule has 1 fully saturated rings. The molecule has 3 aromatic carbocycles. The van der Waals surface area contributed by atoms with Gasteiger partial charge in [-0.3, -0.25) is 4.99 Å². The first-order chi connectivity index (χ1) is 15.5. The van der Waals surface area contributed by atoms with Crippen molar-refractivity contribution in [3.05, 3.63) is 97.4 Å². The zero-order valence-corrected chi connectivity index (χ0v) is 21.4. The molecule has 0 spiro atoms. The number of fused-ring (bicyclic) bond motifs is 2. The van der Waals surface area contributed by atoms with Gasteiger partial charge in [0, 0.05) is 14.9 Å². The van der Waals surface area contributed by atoms with Gasteiger partial charge in [-0.2, -0.15) is 0 Å². The Hall–Kier alpha value is -2.30. The number of benzene rings is 3. The highest BCUT2D eigenvalue weighted by atomic mass is 79.9. The van der Waals surface area contributed by atoms with Gasteiger partial charge in [0.15, 0.2) is 0 Å². The highest BCUT2D eigenvalue weighted by Gasteiger charge is 2.32. The van der Waals surface area contributed by atoms with Crippen molar-refractivity contribution < 1.29 is 0 Å². The molecule has 1 saturated carbocycles. The van der Waals surface area contributed by atoms with Gasteiger partial charge in [0.1, 0.15) is 0 Å². The molecule has 32 heavy (non-hydrogen) atoms. The lowest BCUT2D eigenvalue weighted by atomic mass is 9.78. The second kappa shape index (κ2) is 8.92. The average Bonchev–Trinajstić information content (AvgIpc) is 2.94. The predicted molar refractivity (Wildman–Crippen MR) is 143 cm³/mol. The molecule has 1 unspecified atom stereocenters. The van der Waals surface area contributed by atoms with Crippen molar-refractivity contribution in [1.82, 2.24) is 0 Å². The zero-order chi connectivity index (χ0) is 22.2. The molecule has 0 bridgehead atoms. The van der Waals surface area contributed by atoms with Crippen LogP contribution in [0.25, 0.3) is 6.08 Å². The van der Waals surface area contributed by atoms with E-state index in [1.165, 1.54) is 33.5 Å². The van der Waals surface area contributed by atoms with Crippen LogP contribution in [-0.4, -0.2) is 11.4 Å². The van der Waals surface area contributed by atoms with Crippen LogP contribution in [0.2, 0.25) is 0 Å². The van der Waals surface area contributed by atoms with E-state index in [9.17, 15) is 0 Å². The second-order valence-electron chi connectivity index (χ2n) is 8.59. The average molecular weight is 548 g/mol. The van der Waals surface area contributed by atoms with Gasteiger partial charge in [-0.25, -0.2) is 4.99 Å². The number of hydrogen-bond acceptors (Lipinski definition) is 2. The Morgan fingerprint density at radius 2 is 1.34 bits per heavy atom. The Morgan fingerprint density at radius 1 is 0.781 bits per heavy atom. The maximum Gasteiger partial charge on any atom is 0.0892 e. The van der Waals surface area contributed by atoms with Crippen LogP contribution >= 0.6 is 31.9 Å². The molecule has 1 aliphatic heterocycles. The number of nitrogens with zero attached hydrogens (tertiary/aromatic N) is 2. The maximum absolute atomic E-state index is 5.27. The lowest BCUT2D eigenvalue weighted by Gasteiger charge is -2.27. The van der Waals surface area contributed by atoms with Crippen LogP contribution < -0.4 is 0 Å². The largest absolute Gasteiger partial charge is 0.250 e. The predicted octanol–water partition coefficient (Wildman–Crippen LogP) is 8.92. The topological polar surface area (TPSA) is 24.7 Å². The Balaban J connectivity index is 1.70. The SMILES string of the molecule is Cc1cc2c(cc1C)N=C(c1ccc(Br)cc1)C1CCC/C(=C\c3ccc(Br)cc3)C1=N2. The quantitative estimate of drug-likeness (QED) is 0.306. The first-order valence-electron chi connectivity index (χ1n) is 11.0. The van der Waals surface area contributed by atoms with Crippen molar-refractivity contribution in [2.75, 3.05) is 0 Å². The van der Waals surface area contributed by atoms with E-state index in [0.717, 1.165) is 45.3 Å². The Morgan fingerprint density at radius 3 is 1.97 bits per heavy atom. The van der Waals surface area contributed by atoms with E-state index in [0.29, 0.717) is 0 Å². The molecular formula is C28H24Br2N2. The summed E-state index contributed by atoms with van der Waals surface area (Å²) in [5, 5.41) is 0. The van der Waals surface area contributed by atoms with Gasteiger partial charge in [0.2, 0.25) is 0 Å². The van der Waals surface area contributed by atoms with E-state index in [1.54, 1.807) is 0 Å². The van der Waals surface area contributed by atoms with Gasteiger partial charge in [-0.1, -0.05) is 56.1 Å². The van der Waals surface area contributed by atoms with Crippen LogP contribution in [0, 0.1) is 19.8 Å². The third-order valence-electron chi connectivity index (χ3n) is 6.35. The van der Waals surface area contributed by atoms with Crippen LogP contribution in [0.4, 0.5) is 11.4 Å². The van der Waals surface area contributed by atoms with Gasteiger partial charge in [-0.05, 0) is 103 Å². The number of halogens is 2. The molecule has 0 radical (unpaired) electrons. The molecule has 1 atom stereocenters. The van der Waals surface area contributed by atoms with Crippen molar-refractivity contribution in [2.45, 2.75) is 33.1 Å². The van der Waals surface area contributed by atoms with E-state index < -0.39 is 0 Å². The van der Waals surface area contributed by atoms with Crippen molar-refractivity contribution in [3.8, 4) is 0 Å². The fourth-order valence-corrected chi connectivity index (χ4v) is 5.02. The number of rotatable bonds is 2. The van der Waals surface area contributed by atoms with Crippen molar-refractivity contribution in [3.63, 3.8) is 0 Å². The van der Waals surface area contributed by atoms with Gasteiger partial charge in [0.25, 0.3) is 0 Å². The molecule has 1 aliphatic carbocycles. The normalized spacial score (nSPS) is 19.0. The lowest BCUT2D eigenvalue weighted by Crippen LogP contribution is -2.29. The first-order valence-corrected chi connectivity index (χ1v) is 12.6. The summed E-state index contributed by atoms with van der Waals surface area (Å²) in [6.45, 7) is 4.30. The summed E-state index contributed by atoms with van der Waals surface area (Å²) in [7, 11) is 0. The number of aliphatic imine (C=N–C) groups is 2. The molecule has 3 aromatic rings. The van der Waals surface area contributed by atoms with Gasteiger partial charge in [0.05, 0.1) is 22.8 Å². The maximum atomic E-state index is 5.27.